The largest absolute Gasteiger partial charge is 0.508 e. The molecule has 0 aromatic heterocycles. The predicted octanol–water partition coefficient (Wildman–Crippen LogP) is 3.68. The van der Waals surface area contributed by atoms with Crippen LogP contribution in [0.5, 0.6) is 5.75 Å². The van der Waals surface area contributed by atoms with E-state index in [9.17, 15) is 14.7 Å². The summed E-state index contributed by atoms with van der Waals surface area (Å²) in [6.45, 7) is 3.64. The smallest absolute Gasteiger partial charge is 0.255 e. The molecule has 0 aliphatic rings. The maximum absolute atomic E-state index is 12.6. The first-order chi connectivity index (χ1) is 13.7. The average molecular weight is 390 g/mol. The number of carbonyl (C=O) groups excluding carboxylic acids is 2. The molecule has 29 heavy (non-hydrogen) atoms. The number of carbonyl (C=O) groups is 2. The van der Waals surface area contributed by atoms with E-state index < -0.39 is 11.8 Å². The molecule has 0 radical (unpaired) electrons. The molecular weight excluding hydrogens is 368 g/mol. The Morgan fingerprint density at radius 1 is 0.724 bits per heavy atom. The highest BCUT2D eigenvalue weighted by Crippen LogP contribution is 2.23. The van der Waals surface area contributed by atoms with E-state index in [2.05, 4.69) is 10.6 Å². The Morgan fingerprint density at radius 2 is 1.14 bits per heavy atom. The van der Waals surface area contributed by atoms with E-state index in [1.54, 1.807) is 36.4 Å². The van der Waals surface area contributed by atoms with Gasteiger partial charge in [-0.1, -0.05) is 0 Å². The standard InChI is InChI=1S/C22H22N4O3/c1-12-7-16(23)3-5-19(12)25-21(28)14-9-15(11-18(27)10-14)22(29)26-20-6-4-17(24)8-13(20)2/h3-11,27H,23-24H2,1-2H3,(H,25,28)(H,26,29). The van der Waals surface area contributed by atoms with Gasteiger partial charge in [0.15, 0.2) is 0 Å². The fourth-order valence-corrected chi connectivity index (χ4v) is 2.92. The van der Waals surface area contributed by atoms with E-state index in [1.165, 1.54) is 18.2 Å². The van der Waals surface area contributed by atoms with Crippen LogP contribution in [0.2, 0.25) is 0 Å². The number of nitrogens with two attached hydrogens (primary N) is 2. The van der Waals surface area contributed by atoms with Crippen molar-refractivity contribution in [1.29, 1.82) is 0 Å². The molecule has 0 saturated heterocycles. The zero-order valence-corrected chi connectivity index (χ0v) is 16.1. The van der Waals surface area contributed by atoms with E-state index in [4.69, 9.17) is 11.5 Å². The van der Waals surface area contributed by atoms with Gasteiger partial charge in [-0.15, -0.1) is 0 Å². The Kier molecular flexibility index (Phi) is 5.40. The third-order valence-corrected chi connectivity index (χ3v) is 4.44. The van der Waals surface area contributed by atoms with Gasteiger partial charge in [0.1, 0.15) is 5.75 Å². The van der Waals surface area contributed by atoms with Crippen LogP contribution in [-0.4, -0.2) is 16.9 Å². The average Bonchev–Trinajstić information content (AvgIpc) is 2.65. The predicted molar refractivity (Wildman–Crippen MR) is 115 cm³/mol. The molecule has 0 heterocycles. The summed E-state index contributed by atoms with van der Waals surface area (Å²) in [5.74, 6) is -1.09. The van der Waals surface area contributed by atoms with Crippen LogP contribution in [0, 0.1) is 13.8 Å². The minimum absolute atomic E-state index is 0.153. The molecule has 7 N–H and O–H groups in total. The van der Waals surface area contributed by atoms with Crippen molar-refractivity contribution in [2.75, 3.05) is 22.1 Å². The molecule has 0 aliphatic heterocycles. The lowest BCUT2D eigenvalue weighted by molar-refractivity contribution is 0.102. The number of phenolic OH excluding ortho intramolecular Hbond substituents is 1. The molecule has 3 aromatic rings. The second kappa shape index (κ2) is 7.93. The van der Waals surface area contributed by atoms with E-state index in [-0.39, 0.29) is 16.9 Å². The van der Waals surface area contributed by atoms with Crippen LogP contribution < -0.4 is 22.1 Å². The molecule has 3 rings (SSSR count). The number of amides is 2. The van der Waals surface area contributed by atoms with E-state index in [0.29, 0.717) is 22.7 Å². The first-order valence-electron chi connectivity index (χ1n) is 8.92. The van der Waals surface area contributed by atoms with Crippen molar-refractivity contribution in [3.63, 3.8) is 0 Å². The Hall–Kier alpha value is -4.00. The van der Waals surface area contributed by atoms with Gasteiger partial charge in [-0.3, -0.25) is 9.59 Å². The van der Waals surface area contributed by atoms with Crippen molar-refractivity contribution in [1.82, 2.24) is 0 Å². The molecule has 0 saturated carbocycles. The number of hydrogen-bond donors (Lipinski definition) is 5. The van der Waals surface area contributed by atoms with Gasteiger partial charge in [0.2, 0.25) is 0 Å². The van der Waals surface area contributed by atoms with Gasteiger partial charge < -0.3 is 27.2 Å². The second-order valence-corrected chi connectivity index (χ2v) is 6.83. The lowest BCUT2D eigenvalue weighted by Crippen LogP contribution is -2.16. The van der Waals surface area contributed by atoms with Crippen LogP contribution >= 0.6 is 0 Å². The highest BCUT2D eigenvalue weighted by Gasteiger charge is 2.15. The molecule has 0 spiro atoms. The van der Waals surface area contributed by atoms with E-state index in [1.807, 2.05) is 13.8 Å². The topological polar surface area (TPSA) is 130 Å². The Morgan fingerprint density at radius 3 is 1.52 bits per heavy atom. The van der Waals surface area contributed by atoms with Crippen molar-refractivity contribution < 1.29 is 14.7 Å². The van der Waals surface area contributed by atoms with Gasteiger partial charge in [-0.2, -0.15) is 0 Å². The number of aryl methyl sites for hydroxylation is 2. The summed E-state index contributed by atoms with van der Waals surface area (Å²) in [7, 11) is 0. The van der Waals surface area contributed by atoms with Gasteiger partial charge in [-0.25, -0.2) is 0 Å². The van der Waals surface area contributed by atoms with Crippen LogP contribution in [0.3, 0.4) is 0 Å². The van der Waals surface area contributed by atoms with Gasteiger partial charge in [0.25, 0.3) is 11.8 Å². The minimum atomic E-state index is -0.452. The fraction of sp³-hybridized carbons (Fsp3) is 0.0909. The Bertz CT molecular complexity index is 1030. The summed E-state index contributed by atoms with van der Waals surface area (Å²) in [5, 5.41) is 15.5. The van der Waals surface area contributed by atoms with Gasteiger partial charge in [-0.05, 0) is 79.6 Å². The monoisotopic (exact) mass is 390 g/mol. The van der Waals surface area contributed by atoms with Crippen LogP contribution in [0.15, 0.2) is 54.6 Å². The van der Waals surface area contributed by atoms with Crippen molar-refractivity contribution in [3.05, 3.63) is 76.9 Å². The quantitative estimate of drug-likeness (QED) is 0.434. The normalized spacial score (nSPS) is 10.4. The summed E-state index contributed by atoms with van der Waals surface area (Å²) in [6.07, 6.45) is 0. The second-order valence-electron chi connectivity index (χ2n) is 6.83. The van der Waals surface area contributed by atoms with E-state index >= 15 is 0 Å². The molecule has 7 nitrogen and oxygen atoms in total. The molecule has 0 unspecified atom stereocenters. The Labute approximate surface area is 168 Å². The summed E-state index contributed by atoms with van der Waals surface area (Å²) in [5.41, 5.74) is 15.7. The van der Waals surface area contributed by atoms with Crippen molar-refractivity contribution in [2.24, 2.45) is 0 Å². The molecule has 0 atom stereocenters. The van der Waals surface area contributed by atoms with E-state index in [0.717, 1.165) is 11.1 Å². The number of nitrogen functional groups attached to an aromatic ring is 2. The molecular formula is C22H22N4O3. The van der Waals surface area contributed by atoms with Crippen molar-refractivity contribution in [2.45, 2.75) is 13.8 Å². The highest BCUT2D eigenvalue weighted by atomic mass is 16.3. The highest BCUT2D eigenvalue weighted by molar-refractivity contribution is 6.09. The SMILES string of the molecule is Cc1cc(N)ccc1NC(=O)c1cc(O)cc(C(=O)Nc2ccc(N)cc2C)c1. The number of anilines is 4. The first-order valence-corrected chi connectivity index (χ1v) is 8.92. The molecule has 0 fully saturated rings. The zero-order chi connectivity index (χ0) is 21.1. The van der Waals surface area contributed by atoms with Gasteiger partial charge in [0, 0.05) is 33.9 Å². The van der Waals surface area contributed by atoms with Crippen molar-refractivity contribution in [3.8, 4) is 5.75 Å². The number of hydrogen-bond acceptors (Lipinski definition) is 5. The number of aromatic hydroxyl groups is 1. The lowest BCUT2D eigenvalue weighted by atomic mass is 10.1. The minimum Gasteiger partial charge on any atom is -0.508 e. The van der Waals surface area contributed by atoms with Crippen LogP contribution in [0.25, 0.3) is 0 Å². The number of phenols is 1. The first kappa shape index (κ1) is 19.8. The molecule has 148 valence electrons. The van der Waals surface area contributed by atoms with Crippen LogP contribution in [0.1, 0.15) is 31.8 Å². The fourth-order valence-electron chi connectivity index (χ4n) is 2.92. The van der Waals surface area contributed by atoms with Gasteiger partial charge >= 0.3 is 0 Å². The summed E-state index contributed by atoms with van der Waals surface area (Å²) >= 11 is 0. The Balaban J connectivity index is 1.83. The number of benzene rings is 3. The number of nitrogens with one attached hydrogen (secondary N) is 2. The molecule has 3 aromatic carbocycles. The third kappa shape index (κ3) is 4.65. The summed E-state index contributed by atoms with van der Waals surface area (Å²) < 4.78 is 0. The maximum atomic E-state index is 12.6. The zero-order valence-electron chi connectivity index (χ0n) is 16.1. The molecule has 7 heteroatoms. The molecule has 2 amide bonds. The third-order valence-electron chi connectivity index (χ3n) is 4.44. The number of rotatable bonds is 4. The van der Waals surface area contributed by atoms with Crippen LogP contribution in [-0.2, 0) is 0 Å². The maximum Gasteiger partial charge on any atom is 0.255 e. The lowest BCUT2D eigenvalue weighted by Gasteiger charge is -2.12. The van der Waals surface area contributed by atoms with Gasteiger partial charge in [0.05, 0.1) is 0 Å². The van der Waals surface area contributed by atoms with Crippen molar-refractivity contribution >= 4 is 34.6 Å². The molecule has 0 bridgehead atoms. The van der Waals surface area contributed by atoms with Crippen LogP contribution in [0.4, 0.5) is 22.7 Å². The molecule has 0 aliphatic carbocycles. The summed E-state index contributed by atoms with van der Waals surface area (Å²) in [4.78, 5) is 25.3. The summed E-state index contributed by atoms with van der Waals surface area (Å²) in [6, 6.07) is 14.3.